The SMILES string of the molecule is CCn1cc(C(NC)C2Cc3ccccc3O2)cn1. The lowest BCUT2D eigenvalue weighted by molar-refractivity contribution is 0.183. The molecule has 4 heteroatoms. The van der Waals surface area contributed by atoms with Gasteiger partial charge < -0.3 is 10.1 Å². The highest BCUT2D eigenvalue weighted by Gasteiger charge is 2.30. The number of benzene rings is 1. The van der Waals surface area contributed by atoms with Gasteiger partial charge in [-0.1, -0.05) is 18.2 Å². The molecule has 2 atom stereocenters. The second kappa shape index (κ2) is 5.05. The molecule has 4 nitrogen and oxygen atoms in total. The fourth-order valence-corrected chi connectivity index (χ4v) is 2.68. The van der Waals surface area contributed by atoms with Crippen molar-refractivity contribution in [1.82, 2.24) is 15.1 Å². The second-order valence-electron chi connectivity index (χ2n) is 4.86. The molecule has 0 radical (unpaired) electrons. The van der Waals surface area contributed by atoms with Crippen LogP contribution in [0.3, 0.4) is 0 Å². The highest BCUT2D eigenvalue weighted by Crippen LogP contribution is 2.33. The van der Waals surface area contributed by atoms with Gasteiger partial charge in [0, 0.05) is 24.7 Å². The Morgan fingerprint density at radius 2 is 2.32 bits per heavy atom. The Balaban J connectivity index is 1.81. The summed E-state index contributed by atoms with van der Waals surface area (Å²) in [6.45, 7) is 2.98. The summed E-state index contributed by atoms with van der Waals surface area (Å²) < 4.78 is 8.00. The molecular weight excluding hydrogens is 238 g/mol. The molecule has 2 aromatic rings. The van der Waals surface area contributed by atoms with E-state index in [4.69, 9.17) is 4.74 Å². The van der Waals surface area contributed by atoms with Gasteiger partial charge in [-0.25, -0.2) is 0 Å². The van der Waals surface area contributed by atoms with Gasteiger partial charge >= 0.3 is 0 Å². The van der Waals surface area contributed by atoms with Crippen LogP contribution < -0.4 is 10.1 Å². The average molecular weight is 257 g/mol. The highest BCUT2D eigenvalue weighted by molar-refractivity contribution is 5.38. The number of aryl methyl sites for hydroxylation is 1. The zero-order valence-corrected chi connectivity index (χ0v) is 11.3. The Kier molecular flexibility index (Phi) is 3.25. The van der Waals surface area contributed by atoms with E-state index in [9.17, 15) is 0 Å². The Morgan fingerprint density at radius 1 is 1.47 bits per heavy atom. The van der Waals surface area contributed by atoms with Crippen LogP contribution in [-0.2, 0) is 13.0 Å². The minimum atomic E-state index is 0.136. The summed E-state index contributed by atoms with van der Waals surface area (Å²) in [4.78, 5) is 0. The van der Waals surface area contributed by atoms with Gasteiger partial charge in [0.1, 0.15) is 11.9 Å². The van der Waals surface area contributed by atoms with Crippen LogP contribution in [0.1, 0.15) is 24.1 Å². The van der Waals surface area contributed by atoms with E-state index in [0.29, 0.717) is 0 Å². The topological polar surface area (TPSA) is 39.1 Å². The smallest absolute Gasteiger partial charge is 0.123 e. The van der Waals surface area contributed by atoms with E-state index in [1.165, 1.54) is 11.1 Å². The van der Waals surface area contributed by atoms with Gasteiger partial charge in [-0.3, -0.25) is 4.68 Å². The maximum Gasteiger partial charge on any atom is 0.123 e. The summed E-state index contributed by atoms with van der Waals surface area (Å²) in [6, 6.07) is 8.43. The second-order valence-corrected chi connectivity index (χ2v) is 4.86. The van der Waals surface area contributed by atoms with Gasteiger partial charge in [-0.2, -0.15) is 5.10 Å². The first kappa shape index (κ1) is 12.2. The van der Waals surface area contributed by atoms with Crippen LogP contribution in [0.15, 0.2) is 36.7 Å². The van der Waals surface area contributed by atoms with Gasteiger partial charge in [-0.15, -0.1) is 0 Å². The largest absolute Gasteiger partial charge is 0.488 e. The minimum absolute atomic E-state index is 0.136. The molecule has 100 valence electrons. The molecule has 2 unspecified atom stereocenters. The summed E-state index contributed by atoms with van der Waals surface area (Å²) in [5.74, 6) is 1.01. The van der Waals surface area contributed by atoms with Crippen LogP contribution in [-0.4, -0.2) is 22.9 Å². The monoisotopic (exact) mass is 257 g/mol. The lowest BCUT2D eigenvalue weighted by Crippen LogP contribution is -2.32. The maximum absolute atomic E-state index is 6.06. The van der Waals surface area contributed by atoms with Crippen molar-refractivity contribution in [3.63, 3.8) is 0 Å². The lowest BCUT2D eigenvalue weighted by atomic mass is 10.0. The fraction of sp³-hybridized carbons (Fsp3) is 0.400. The van der Waals surface area contributed by atoms with Crippen molar-refractivity contribution >= 4 is 0 Å². The number of aromatic nitrogens is 2. The predicted octanol–water partition coefficient (Wildman–Crippen LogP) is 2.17. The van der Waals surface area contributed by atoms with Crippen LogP contribution in [0.5, 0.6) is 5.75 Å². The number of hydrogen-bond acceptors (Lipinski definition) is 3. The van der Waals surface area contributed by atoms with Crippen LogP contribution in [0.4, 0.5) is 0 Å². The van der Waals surface area contributed by atoms with E-state index in [2.05, 4.69) is 35.7 Å². The molecule has 2 heterocycles. The van der Waals surface area contributed by atoms with E-state index >= 15 is 0 Å². The van der Waals surface area contributed by atoms with Crippen molar-refractivity contribution in [2.24, 2.45) is 0 Å². The Labute approximate surface area is 113 Å². The molecule has 1 aliphatic heterocycles. The Hall–Kier alpha value is -1.81. The number of fused-ring (bicyclic) bond motifs is 1. The van der Waals surface area contributed by atoms with Crippen molar-refractivity contribution in [2.45, 2.75) is 32.0 Å². The molecule has 0 amide bonds. The van der Waals surface area contributed by atoms with Crippen molar-refractivity contribution in [2.75, 3.05) is 7.05 Å². The van der Waals surface area contributed by atoms with E-state index in [0.717, 1.165) is 18.7 Å². The zero-order chi connectivity index (χ0) is 13.2. The fourth-order valence-electron chi connectivity index (χ4n) is 2.68. The van der Waals surface area contributed by atoms with Gasteiger partial charge in [0.2, 0.25) is 0 Å². The molecule has 3 rings (SSSR count). The molecule has 0 fully saturated rings. The number of rotatable bonds is 4. The number of nitrogens with one attached hydrogen (secondary N) is 1. The van der Waals surface area contributed by atoms with Crippen molar-refractivity contribution < 1.29 is 4.74 Å². The molecule has 0 bridgehead atoms. The van der Waals surface area contributed by atoms with Gasteiger partial charge in [0.05, 0.1) is 12.2 Å². The maximum atomic E-state index is 6.06. The third-order valence-corrected chi connectivity index (χ3v) is 3.69. The zero-order valence-electron chi connectivity index (χ0n) is 11.3. The third-order valence-electron chi connectivity index (χ3n) is 3.69. The molecule has 1 N–H and O–H groups in total. The summed E-state index contributed by atoms with van der Waals surface area (Å²) in [5.41, 5.74) is 2.47. The Morgan fingerprint density at radius 3 is 3.00 bits per heavy atom. The normalized spacial score (nSPS) is 18.9. The van der Waals surface area contributed by atoms with Gasteiger partial charge in [-0.05, 0) is 25.6 Å². The lowest BCUT2D eigenvalue weighted by Gasteiger charge is -2.21. The van der Waals surface area contributed by atoms with Crippen molar-refractivity contribution in [3.05, 3.63) is 47.8 Å². The molecule has 1 aromatic heterocycles. The number of ether oxygens (including phenoxy) is 1. The van der Waals surface area contributed by atoms with E-state index in [1.807, 2.05) is 30.1 Å². The predicted molar refractivity (Wildman–Crippen MR) is 74.3 cm³/mol. The van der Waals surface area contributed by atoms with Crippen LogP contribution in [0.25, 0.3) is 0 Å². The standard InChI is InChI=1S/C15H19N3O/c1-3-18-10-12(9-17-18)15(16-2)14-8-11-6-4-5-7-13(11)19-14/h4-7,9-10,14-16H,3,8H2,1-2H3. The first-order chi connectivity index (χ1) is 9.31. The first-order valence-electron chi connectivity index (χ1n) is 6.76. The summed E-state index contributed by atoms with van der Waals surface area (Å²) >= 11 is 0. The molecule has 1 aliphatic rings. The van der Waals surface area contributed by atoms with E-state index in [1.54, 1.807) is 0 Å². The van der Waals surface area contributed by atoms with Crippen LogP contribution >= 0.6 is 0 Å². The summed E-state index contributed by atoms with van der Waals surface area (Å²) in [6.07, 6.45) is 5.10. The van der Waals surface area contributed by atoms with Crippen molar-refractivity contribution in [1.29, 1.82) is 0 Å². The van der Waals surface area contributed by atoms with Gasteiger partial charge in [0.15, 0.2) is 0 Å². The highest BCUT2D eigenvalue weighted by atomic mass is 16.5. The molecule has 0 spiro atoms. The molecule has 0 saturated carbocycles. The third kappa shape index (κ3) is 2.24. The molecule has 0 saturated heterocycles. The van der Waals surface area contributed by atoms with Crippen molar-refractivity contribution in [3.8, 4) is 5.75 Å². The van der Waals surface area contributed by atoms with Crippen LogP contribution in [0.2, 0.25) is 0 Å². The number of likely N-dealkylation sites (N-methyl/N-ethyl adjacent to an activating group) is 1. The van der Waals surface area contributed by atoms with Gasteiger partial charge in [0.25, 0.3) is 0 Å². The van der Waals surface area contributed by atoms with E-state index in [-0.39, 0.29) is 12.1 Å². The molecule has 19 heavy (non-hydrogen) atoms. The molecule has 0 aliphatic carbocycles. The first-order valence-corrected chi connectivity index (χ1v) is 6.76. The summed E-state index contributed by atoms with van der Waals surface area (Å²) in [7, 11) is 1.97. The Bertz CT molecular complexity index is 539. The number of nitrogens with zero attached hydrogens (tertiary/aromatic N) is 2. The molecular formula is C15H19N3O. The van der Waals surface area contributed by atoms with Crippen LogP contribution in [0, 0.1) is 0 Å². The number of hydrogen-bond donors (Lipinski definition) is 1. The summed E-state index contributed by atoms with van der Waals surface area (Å²) in [5, 5.41) is 7.70. The number of para-hydroxylation sites is 1. The minimum Gasteiger partial charge on any atom is -0.488 e. The van der Waals surface area contributed by atoms with E-state index < -0.39 is 0 Å². The molecule has 1 aromatic carbocycles. The average Bonchev–Trinajstić information content (AvgIpc) is 3.05. The quantitative estimate of drug-likeness (QED) is 0.912.